The molecule has 1 N–H and O–H groups in total. The van der Waals surface area contributed by atoms with Gasteiger partial charge in [-0.1, -0.05) is 12.1 Å². The monoisotopic (exact) mass is 466 g/mol. The average Bonchev–Trinajstić information content (AvgIpc) is 2.99. The number of thioether (sulfide) groups is 1. The van der Waals surface area contributed by atoms with Crippen LogP contribution in [0.3, 0.4) is 0 Å². The second kappa shape index (κ2) is 7.42. The van der Waals surface area contributed by atoms with Gasteiger partial charge in [0.1, 0.15) is 6.07 Å². The molecule has 0 spiro atoms. The molecule has 0 aliphatic carbocycles. The Hall–Kier alpha value is -1.76. The van der Waals surface area contributed by atoms with E-state index in [4.69, 9.17) is 4.74 Å². The number of methoxy groups -OCH3 is 1. The fraction of sp³-hybridized carbons (Fsp3) is 0.0588. The highest BCUT2D eigenvalue weighted by molar-refractivity contribution is 14.1. The van der Waals surface area contributed by atoms with E-state index >= 15 is 0 Å². The van der Waals surface area contributed by atoms with E-state index < -0.39 is 0 Å². The first-order valence-corrected chi connectivity index (χ1v) is 9.53. The van der Waals surface area contributed by atoms with Crippen molar-refractivity contribution in [1.82, 2.24) is 4.98 Å². The van der Waals surface area contributed by atoms with E-state index in [1.54, 1.807) is 29.5 Å². The molecular formula is C17H11IN2O2S2. The number of allylic oxidation sites excluding steroid dienone is 1. The van der Waals surface area contributed by atoms with Gasteiger partial charge in [0.2, 0.25) is 0 Å². The van der Waals surface area contributed by atoms with E-state index in [1.807, 2.05) is 46.9 Å². The summed E-state index contributed by atoms with van der Waals surface area (Å²) in [4.78, 5) is 5.06. The van der Waals surface area contributed by atoms with Crippen molar-refractivity contribution in [2.45, 2.75) is 4.34 Å². The van der Waals surface area contributed by atoms with Crippen LogP contribution in [0, 0.1) is 14.9 Å². The van der Waals surface area contributed by atoms with Gasteiger partial charge < -0.3 is 9.84 Å². The zero-order valence-electron chi connectivity index (χ0n) is 12.5. The maximum atomic E-state index is 9.90. The van der Waals surface area contributed by atoms with E-state index in [0.717, 1.165) is 20.1 Å². The molecule has 0 amide bonds. The number of nitrogens with zero attached hydrogens (tertiary/aromatic N) is 2. The first-order valence-electron chi connectivity index (χ1n) is 6.82. The van der Waals surface area contributed by atoms with Crippen LogP contribution < -0.4 is 4.74 Å². The maximum absolute atomic E-state index is 9.90. The lowest BCUT2D eigenvalue weighted by Crippen LogP contribution is -1.88. The van der Waals surface area contributed by atoms with Gasteiger partial charge in [0.15, 0.2) is 15.8 Å². The SMILES string of the molecule is COc1cc(/C=C(\C#N)Sc2nc3ccccc3s2)cc(I)c1O. The van der Waals surface area contributed by atoms with Crippen molar-refractivity contribution in [1.29, 1.82) is 5.26 Å². The summed E-state index contributed by atoms with van der Waals surface area (Å²) in [6, 6.07) is 13.6. The summed E-state index contributed by atoms with van der Waals surface area (Å²) in [6.45, 7) is 0. The molecule has 3 aromatic rings. The number of fused-ring (bicyclic) bond motifs is 1. The lowest BCUT2D eigenvalue weighted by Gasteiger charge is -2.06. The molecular weight excluding hydrogens is 455 g/mol. The first kappa shape index (κ1) is 17.1. The van der Waals surface area contributed by atoms with Gasteiger partial charge >= 0.3 is 0 Å². The van der Waals surface area contributed by atoms with E-state index in [-0.39, 0.29) is 5.75 Å². The van der Waals surface area contributed by atoms with Crippen LogP contribution >= 0.6 is 45.7 Å². The third-order valence-corrected chi connectivity index (χ3v) is 6.00. The molecule has 0 unspecified atom stereocenters. The molecule has 4 nitrogen and oxygen atoms in total. The molecule has 0 radical (unpaired) electrons. The second-order valence-corrected chi connectivity index (χ2v) is 8.21. The van der Waals surface area contributed by atoms with Crippen molar-refractivity contribution >= 4 is 62.0 Å². The number of ether oxygens (including phenoxy) is 1. The summed E-state index contributed by atoms with van der Waals surface area (Å²) < 4.78 is 7.74. The number of halogens is 1. The third-order valence-electron chi connectivity index (χ3n) is 3.15. The minimum atomic E-state index is 0.104. The Morgan fingerprint density at radius 2 is 2.21 bits per heavy atom. The van der Waals surface area contributed by atoms with Crippen LogP contribution in [0.25, 0.3) is 16.3 Å². The number of rotatable bonds is 4. The topological polar surface area (TPSA) is 66.1 Å². The standard InChI is InChI=1S/C17H11IN2O2S2/c1-22-14-8-10(7-12(18)16(14)21)6-11(9-19)23-17-20-13-4-2-3-5-15(13)24-17/h2-8,21H,1H3/b11-6+. The summed E-state index contributed by atoms with van der Waals surface area (Å²) in [7, 11) is 1.50. The van der Waals surface area contributed by atoms with E-state index in [9.17, 15) is 10.4 Å². The van der Waals surface area contributed by atoms with Crippen LogP contribution in [-0.2, 0) is 0 Å². The summed E-state index contributed by atoms with van der Waals surface area (Å²) in [5, 5.41) is 19.3. The Morgan fingerprint density at radius 3 is 2.92 bits per heavy atom. The Kier molecular flexibility index (Phi) is 5.28. The zero-order chi connectivity index (χ0) is 17.1. The fourth-order valence-electron chi connectivity index (χ4n) is 2.06. The highest BCUT2D eigenvalue weighted by Crippen LogP contribution is 2.36. The molecule has 0 bridgehead atoms. The maximum Gasteiger partial charge on any atom is 0.171 e. The number of thiazole rings is 1. The molecule has 24 heavy (non-hydrogen) atoms. The van der Waals surface area contributed by atoms with Crippen molar-refractivity contribution in [2.75, 3.05) is 7.11 Å². The van der Waals surface area contributed by atoms with Gasteiger partial charge in [-0.2, -0.15) is 5.26 Å². The van der Waals surface area contributed by atoms with Gasteiger partial charge in [-0.05, 0) is 70.3 Å². The molecule has 1 aromatic heterocycles. The summed E-state index contributed by atoms with van der Waals surface area (Å²) in [6.07, 6.45) is 1.76. The van der Waals surface area contributed by atoms with Crippen molar-refractivity contribution in [3.8, 4) is 17.6 Å². The number of nitriles is 1. The number of para-hydroxylation sites is 1. The molecule has 120 valence electrons. The predicted molar refractivity (Wildman–Crippen MR) is 106 cm³/mol. The Labute approximate surface area is 160 Å². The number of hydrogen-bond acceptors (Lipinski definition) is 6. The smallest absolute Gasteiger partial charge is 0.171 e. The van der Waals surface area contributed by atoms with Gasteiger partial charge in [0, 0.05) is 0 Å². The van der Waals surface area contributed by atoms with Crippen LogP contribution in [0.2, 0.25) is 0 Å². The highest BCUT2D eigenvalue weighted by Gasteiger charge is 2.10. The van der Waals surface area contributed by atoms with Crippen LogP contribution in [-0.4, -0.2) is 17.2 Å². The third kappa shape index (κ3) is 3.66. The lowest BCUT2D eigenvalue weighted by atomic mass is 10.2. The van der Waals surface area contributed by atoms with Crippen LogP contribution in [0.4, 0.5) is 0 Å². The molecule has 0 saturated carbocycles. The van der Waals surface area contributed by atoms with Gasteiger partial charge in [-0.25, -0.2) is 4.98 Å². The number of phenols is 1. The minimum absolute atomic E-state index is 0.104. The number of phenolic OH excluding ortho intramolecular Hbond substituents is 1. The van der Waals surface area contributed by atoms with Crippen molar-refractivity contribution in [3.63, 3.8) is 0 Å². The van der Waals surface area contributed by atoms with Crippen molar-refractivity contribution in [2.24, 2.45) is 0 Å². The Morgan fingerprint density at radius 1 is 1.42 bits per heavy atom. The number of hydrogen-bond donors (Lipinski definition) is 1. The quantitative estimate of drug-likeness (QED) is 0.322. The number of aromatic nitrogens is 1. The van der Waals surface area contributed by atoms with E-state index in [1.165, 1.54) is 18.9 Å². The molecule has 0 aliphatic heterocycles. The second-order valence-electron chi connectivity index (χ2n) is 4.72. The molecule has 0 saturated heterocycles. The normalized spacial score (nSPS) is 11.5. The number of aromatic hydroxyl groups is 1. The molecule has 2 aromatic carbocycles. The van der Waals surface area contributed by atoms with Crippen LogP contribution in [0.5, 0.6) is 11.5 Å². The first-order chi connectivity index (χ1) is 11.6. The molecule has 1 heterocycles. The molecule has 0 atom stereocenters. The van der Waals surface area contributed by atoms with Crippen LogP contribution in [0.1, 0.15) is 5.56 Å². The predicted octanol–water partition coefficient (Wildman–Crippen LogP) is 5.27. The molecule has 0 aliphatic rings. The average molecular weight is 466 g/mol. The molecule has 0 fully saturated rings. The fourth-order valence-corrected chi connectivity index (χ4v) is 4.66. The summed E-state index contributed by atoms with van der Waals surface area (Å²) >= 11 is 4.92. The largest absolute Gasteiger partial charge is 0.504 e. The van der Waals surface area contributed by atoms with Gasteiger partial charge in [-0.3, -0.25) is 0 Å². The van der Waals surface area contributed by atoms with E-state index in [2.05, 4.69) is 11.1 Å². The van der Waals surface area contributed by atoms with Gasteiger partial charge in [-0.15, -0.1) is 11.3 Å². The Balaban J connectivity index is 1.92. The van der Waals surface area contributed by atoms with Gasteiger partial charge in [0.25, 0.3) is 0 Å². The summed E-state index contributed by atoms with van der Waals surface area (Å²) in [5.41, 5.74) is 1.72. The number of benzene rings is 2. The van der Waals surface area contributed by atoms with E-state index in [0.29, 0.717) is 14.2 Å². The lowest BCUT2D eigenvalue weighted by molar-refractivity contribution is 0.371. The highest BCUT2D eigenvalue weighted by atomic mass is 127. The minimum Gasteiger partial charge on any atom is -0.504 e. The van der Waals surface area contributed by atoms with Crippen molar-refractivity contribution in [3.05, 3.63) is 50.4 Å². The summed E-state index contributed by atoms with van der Waals surface area (Å²) in [5.74, 6) is 0.489. The van der Waals surface area contributed by atoms with Crippen molar-refractivity contribution < 1.29 is 9.84 Å². The zero-order valence-corrected chi connectivity index (χ0v) is 16.3. The van der Waals surface area contributed by atoms with Crippen LogP contribution in [0.15, 0.2) is 45.6 Å². The molecule has 3 rings (SSSR count). The Bertz CT molecular complexity index is 943. The molecule has 7 heteroatoms. The van der Waals surface area contributed by atoms with Gasteiger partial charge in [0.05, 0.1) is 25.8 Å².